The first-order chi connectivity index (χ1) is 7.93. The SMILES string of the molecule is CC(C)[C@H](N)C(=O)NCc1nccn1C(F)F.Cl. The van der Waals surface area contributed by atoms with Gasteiger partial charge in [0.05, 0.1) is 12.6 Å². The van der Waals surface area contributed by atoms with Gasteiger partial charge in [0.15, 0.2) is 0 Å². The summed E-state index contributed by atoms with van der Waals surface area (Å²) in [5.74, 6) is -0.280. The number of aromatic nitrogens is 2. The molecular weight excluding hydrogens is 266 g/mol. The van der Waals surface area contributed by atoms with E-state index in [2.05, 4.69) is 10.3 Å². The average molecular weight is 283 g/mol. The van der Waals surface area contributed by atoms with E-state index in [1.807, 2.05) is 13.8 Å². The zero-order valence-corrected chi connectivity index (χ0v) is 11.0. The summed E-state index contributed by atoms with van der Waals surface area (Å²) < 4.78 is 25.6. The normalized spacial score (nSPS) is 12.4. The predicted octanol–water partition coefficient (Wildman–Crippen LogP) is 1.30. The molecule has 0 saturated carbocycles. The summed E-state index contributed by atoms with van der Waals surface area (Å²) in [6.45, 7) is 0.897. The van der Waals surface area contributed by atoms with Crippen molar-refractivity contribution in [2.75, 3.05) is 0 Å². The summed E-state index contributed by atoms with van der Waals surface area (Å²) in [5, 5.41) is 2.48. The van der Waals surface area contributed by atoms with Crippen molar-refractivity contribution in [1.82, 2.24) is 14.9 Å². The molecule has 0 radical (unpaired) electrons. The fourth-order valence-corrected chi connectivity index (χ4v) is 1.25. The molecule has 104 valence electrons. The molecule has 0 aliphatic heterocycles. The lowest BCUT2D eigenvalue weighted by atomic mass is 10.1. The highest BCUT2D eigenvalue weighted by molar-refractivity contribution is 5.85. The fraction of sp³-hybridized carbons (Fsp3) is 0.600. The molecule has 0 bridgehead atoms. The molecule has 5 nitrogen and oxygen atoms in total. The topological polar surface area (TPSA) is 72.9 Å². The summed E-state index contributed by atoms with van der Waals surface area (Å²) in [5.41, 5.74) is 5.61. The Morgan fingerprint density at radius 3 is 2.67 bits per heavy atom. The summed E-state index contributed by atoms with van der Waals surface area (Å²) in [6.07, 6.45) is 2.42. The Hall–Kier alpha value is -1.21. The van der Waals surface area contributed by atoms with E-state index < -0.39 is 12.6 Å². The Balaban J connectivity index is 0.00000289. The smallest absolute Gasteiger partial charge is 0.319 e. The van der Waals surface area contributed by atoms with Crippen LogP contribution in [0.5, 0.6) is 0 Å². The number of carbonyl (C=O) groups excluding carboxylic acids is 1. The van der Waals surface area contributed by atoms with Crippen molar-refractivity contribution in [2.24, 2.45) is 11.7 Å². The monoisotopic (exact) mass is 282 g/mol. The van der Waals surface area contributed by atoms with Crippen LogP contribution >= 0.6 is 12.4 Å². The highest BCUT2D eigenvalue weighted by atomic mass is 35.5. The molecule has 1 amide bonds. The highest BCUT2D eigenvalue weighted by Crippen LogP contribution is 2.12. The molecule has 1 aromatic heterocycles. The third-order valence-corrected chi connectivity index (χ3v) is 2.40. The molecule has 8 heteroatoms. The minimum atomic E-state index is -2.66. The Morgan fingerprint density at radius 1 is 1.56 bits per heavy atom. The van der Waals surface area contributed by atoms with Gasteiger partial charge in [0, 0.05) is 12.4 Å². The fourth-order valence-electron chi connectivity index (χ4n) is 1.25. The van der Waals surface area contributed by atoms with Crippen molar-refractivity contribution in [3.8, 4) is 0 Å². The van der Waals surface area contributed by atoms with Crippen molar-refractivity contribution in [1.29, 1.82) is 0 Å². The molecule has 1 atom stereocenters. The van der Waals surface area contributed by atoms with Crippen LogP contribution in [0.15, 0.2) is 12.4 Å². The van der Waals surface area contributed by atoms with E-state index in [1.165, 1.54) is 6.20 Å². The van der Waals surface area contributed by atoms with Gasteiger partial charge in [-0.3, -0.25) is 9.36 Å². The van der Waals surface area contributed by atoms with Crippen molar-refractivity contribution in [3.05, 3.63) is 18.2 Å². The maximum Gasteiger partial charge on any atom is 0.319 e. The number of imidazole rings is 1. The molecule has 0 aromatic carbocycles. The third kappa shape index (κ3) is 4.23. The van der Waals surface area contributed by atoms with Gasteiger partial charge in [0.1, 0.15) is 5.82 Å². The predicted molar refractivity (Wildman–Crippen MR) is 65.4 cm³/mol. The van der Waals surface area contributed by atoms with Crippen LogP contribution in [0.4, 0.5) is 8.78 Å². The van der Waals surface area contributed by atoms with E-state index in [1.54, 1.807) is 0 Å². The number of amides is 1. The van der Waals surface area contributed by atoms with Crippen LogP contribution in [0.2, 0.25) is 0 Å². The van der Waals surface area contributed by atoms with Crippen molar-refractivity contribution >= 4 is 18.3 Å². The summed E-state index contributed by atoms with van der Waals surface area (Å²) in [6, 6.07) is -0.648. The average Bonchev–Trinajstić information content (AvgIpc) is 2.72. The van der Waals surface area contributed by atoms with Crippen LogP contribution in [-0.4, -0.2) is 21.5 Å². The van der Waals surface area contributed by atoms with Crippen LogP contribution in [0.1, 0.15) is 26.2 Å². The molecular formula is C10H17ClF2N4O. The second kappa shape index (κ2) is 7.27. The molecule has 0 unspecified atom stereocenters. The van der Waals surface area contributed by atoms with Crippen molar-refractivity contribution in [3.63, 3.8) is 0 Å². The first-order valence-corrected chi connectivity index (χ1v) is 5.26. The molecule has 0 aliphatic rings. The van der Waals surface area contributed by atoms with Gasteiger partial charge in [-0.1, -0.05) is 13.8 Å². The largest absolute Gasteiger partial charge is 0.348 e. The standard InChI is InChI=1S/C10H16F2N4O.ClH/c1-6(2)8(13)9(17)15-5-7-14-3-4-16(7)10(11)12;/h3-4,6,8,10H,5,13H2,1-2H3,(H,15,17);1H/t8-;/m0./s1. The van der Waals surface area contributed by atoms with Crippen LogP contribution in [0.25, 0.3) is 0 Å². The Labute approximate surface area is 110 Å². The van der Waals surface area contributed by atoms with Gasteiger partial charge < -0.3 is 11.1 Å². The number of hydrogen-bond acceptors (Lipinski definition) is 3. The molecule has 1 heterocycles. The minimum Gasteiger partial charge on any atom is -0.348 e. The molecule has 18 heavy (non-hydrogen) atoms. The van der Waals surface area contributed by atoms with E-state index in [-0.39, 0.29) is 36.6 Å². The van der Waals surface area contributed by atoms with Crippen LogP contribution in [0.3, 0.4) is 0 Å². The number of alkyl halides is 2. The second-order valence-electron chi connectivity index (χ2n) is 4.02. The van der Waals surface area contributed by atoms with Crippen molar-refractivity contribution < 1.29 is 13.6 Å². The van der Waals surface area contributed by atoms with Gasteiger partial charge in [-0.15, -0.1) is 12.4 Å². The van der Waals surface area contributed by atoms with Crippen LogP contribution < -0.4 is 11.1 Å². The van der Waals surface area contributed by atoms with E-state index in [4.69, 9.17) is 5.73 Å². The number of carbonyl (C=O) groups is 1. The Morgan fingerprint density at radius 2 is 2.17 bits per heavy atom. The van der Waals surface area contributed by atoms with Gasteiger partial charge in [-0.2, -0.15) is 8.78 Å². The highest BCUT2D eigenvalue weighted by Gasteiger charge is 2.18. The second-order valence-corrected chi connectivity index (χ2v) is 4.02. The lowest BCUT2D eigenvalue weighted by molar-refractivity contribution is -0.123. The summed E-state index contributed by atoms with van der Waals surface area (Å²) in [4.78, 5) is 15.2. The number of rotatable bonds is 5. The van der Waals surface area contributed by atoms with E-state index in [9.17, 15) is 13.6 Å². The number of hydrogen-bond donors (Lipinski definition) is 2. The maximum atomic E-state index is 12.5. The lowest BCUT2D eigenvalue weighted by Crippen LogP contribution is -2.43. The number of nitrogens with one attached hydrogen (secondary N) is 1. The van der Waals surface area contributed by atoms with Gasteiger partial charge in [-0.25, -0.2) is 4.98 Å². The molecule has 0 fully saturated rings. The molecule has 0 saturated heterocycles. The third-order valence-electron chi connectivity index (χ3n) is 2.40. The number of nitrogens with two attached hydrogens (primary N) is 1. The van der Waals surface area contributed by atoms with Gasteiger partial charge in [-0.05, 0) is 5.92 Å². The first-order valence-electron chi connectivity index (χ1n) is 5.26. The van der Waals surface area contributed by atoms with Gasteiger partial charge >= 0.3 is 6.55 Å². The Bertz CT molecular complexity index is 384. The first kappa shape index (κ1) is 16.8. The summed E-state index contributed by atoms with van der Waals surface area (Å²) >= 11 is 0. The Kier molecular flexibility index (Phi) is 6.79. The van der Waals surface area contributed by atoms with Crippen LogP contribution in [-0.2, 0) is 11.3 Å². The molecule has 0 aliphatic carbocycles. The summed E-state index contributed by atoms with van der Waals surface area (Å²) in [7, 11) is 0. The lowest BCUT2D eigenvalue weighted by Gasteiger charge is -2.15. The molecule has 1 aromatic rings. The van der Waals surface area contributed by atoms with E-state index >= 15 is 0 Å². The molecule has 1 rings (SSSR count). The minimum absolute atomic E-state index is 0. The molecule has 3 N–H and O–H groups in total. The zero-order chi connectivity index (χ0) is 13.0. The quantitative estimate of drug-likeness (QED) is 0.855. The molecule has 0 spiro atoms. The van der Waals surface area contributed by atoms with Crippen molar-refractivity contribution in [2.45, 2.75) is 33.0 Å². The number of halogens is 3. The van der Waals surface area contributed by atoms with E-state index in [0.717, 1.165) is 6.20 Å². The zero-order valence-electron chi connectivity index (χ0n) is 10.1. The number of nitrogens with zero attached hydrogens (tertiary/aromatic N) is 2. The van der Waals surface area contributed by atoms with Crippen LogP contribution in [0, 0.1) is 5.92 Å². The maximum absolute atomic E-state index is 12.5. The van der Waals surface area contributed by atoms with Gasteiger partial charge in [0.2, 0.25) is 5.91 Å². The van der Waals surface area contributed by atoms with E-state index in [0.29, 0.717) is 4.57 Å². The van der Waals surface area contributed by atoms with Gasteiger partial charge in [0.25, 0.3) is 0 Å².